The molecule has 0 aliphatic heterocycles. The molecule has 0 atom stereocenters. The fraction of sp³-hybridized carbons (Fsp3) is 0.444. The van der Waals surface area contributed by atoms with Crippen LogP contribution in [0, 0.1) is 0 Å². The van der Waals surface area contributed by atoms with E-state index in [-0.39, 0.29) is 0 Å². The zero-order chi connectivity index (χ0) is 12.0. The summed E-state index contributed by atoms with van der Waals surface area (Å²) in [6, 6.07) is 0. The van der Waals surface area contributed by atoms with Gasteiger partial charge in [-0.2, -0.15) is 0 Å². The second kappa shape index (κ2) is 6.29. The van der Waals surface area contributed by atoms with Crippen LogP contribution in [0.5, 0.6) is 0 Å². The Kier molecular flexibility index (Phi) is 5.00. The molecule has 0 aliphatic rings. The summed E-state index contributed by atoms with van der Waals surface area (Å²) in [5.74, 6) is -0.0202. The van der Waals surface area contributed by atoms with Crippen LogP contribution >= 0.6 is 11.8 Å². The Balaban J connectivity index is 3.01. The Morgan fingerprint density at radius 3 is 2.94 bits per heavy atom. The highest BCUT2D eigenvalue weighted by Gasteiger charge is 2.15. The summed E-state index contributed by atoms with van der Waals surface area (Å²) in [4.78, 5) is 19.8. The molecule has 0 aliphatic carbocycles. The molecule has 7 heteroatoms. The number of carbonyl (C=O) groups excluding carboxylic acids is 1. The number of hydrazine groups is 1. The van der Waals surface area contributed by atoms with Gasteiger partial charge < -0.3 is 10.2 Å². The zero-order valence-corrected chi connectivity index (χ0v) is 10.2. The van der Waals surface area contributed by atoms with Crippen molar-refractivity contribution < 1.29 is 9.53 Å². The second-order valence-corrected chi connectivity index (χ2v) is 3.49. The van der Waals surface area contributed by atoms with E-state index in [9.17, 15) is 4.79 Å². The SMILES string of the molecule is CCOC(=O)c1cnc(SC)nc1NNC. The van der Waals surface area contributed by atoms with Crippen LogP contribution in [0.2, 0.25) is 0 Å². The van der Waals surface area contributed by atoms with E-state index in [1.54, 1.807) is 14.0 Å². The van der Waals surface area contributed by atoms with Crippen LogP contribution in [0.3, 0.4) is 0 Å². The number of hydrogen-bond acceptors (Lipinski definition) is 7. The first-order valence-corrected chi connectivity index (χ1v) is 5.96. The van der Waals surface area contributed by atoms with Gasteiger partial charge in [-0.15, -0.1) is 0 Å². The summed E-state index contributed by atoms with van der Waals surface area (Å²) in [5.41, 5.74) is 5.80. The van der Waals surface area contributed by atoms with Crippen molar-refractivity contribution in [2.24, 2.45) is 0 Å². The first-order valence-electron chi connectivity index (χ1n) is 4.73. The van der Waals surface area contributed by atoms with Crippen molar-refractivity contribution in [2.75, 3.05) is 25.3 Å². The molecule has 16 heavy (non-hydrogen) atoms. The standard InChI is InChI=1S/C9H14N4O2S/c1-4-15-8(14)6-5-11-9(16-3)12-7(6)13-10-2/h5,10H,4H2,1-3H3,(H,11,12,13). The quantitative estimate of drug-likeness (QED) is 0.344. The topological polar surface area (TPSA) is 76.1 Å². The highest BCUT2D eigenvalue weighted by Crippen LogP contribution is 2.16. The molecule has 0 fully saturated rings. The largest absolute Gasteiger partial charge is 0.462 e. The Labute approximate surface area is 98.2 Å². The predicted molar refractivity (Wildman–Crippen MR) is 62.5 cm³/mol. The lowest BCUT2D eigenvalue weighted by Gasteiger charge is -2.09. The monoisotopic (exact) mass is 242 g/mol. The zero-order valence-electron chi connectivity index (χ0n) is 9.40. The molecular formula is C9H14N4O2S. The fourth-order valence-electron chi connectivity index (χ4n) is 1.04. The molecule has 1 heterocycles. The third-order valence-corrected chi connectivity index (χ3v) is 2.25. The number of nitrogens with one attached hydrogen (secondary N) is 2. The van der Waals surface area contributed by atoms with Gasteiger partial charge in [-0.1, -0.05) is 11.8 Å². The Bertz CT molecular complexity index is 373. The lowest BCUT2D eigenvalue weighted by molar-refractivity contribution is 0.0526. The number of ether oxygens (including phenoxy) is 1. The minimum Gasteiger partial charge on any atom is -0.462 e. The van der Waals surface area contributed by atoms with Crippen molar-refractivity contribution in [1.82, 2.24) is 15.4 Å². The van der Waals surface area contributed by atoms with Crippen molar-refractivity contribution in [3.8, 4) is 0 Å². The normalized spacial score (nSPS) is 9.94. The molecule has 0 spiro atoms. The van der Waals surface area contributed by atoms with Gasteiger partial charge in [-0.25, -0.2) is 20.2 Å². The van der Waals surface area contributed by atoms with Crippen molar-refractivity contribution >= 4 is 23.5 Å². The predicted octanol–water partition coefficient (Wildman–Crippen LogP) is 0.921. The van der Waals surface area contributed by atoms with Crippen LogP contribution in [0.1, 0.15) is 17.3 Å². The number of hydrogen-bond donors (Lipinski definition) is 2. The highest BCUT2D eigenvalue weighted by atomic mass is 32.2. The van der Waals surface area contributed by atoms with Gasteiger partial charge in [0.15, 0.2) is 11.0 Å². The minimum atomic E-state index is -0.437. The lowest BCUT2D eigenvalue weighted by Crippen LogP contribution is -2.20. The molecule has 1 aromatic heterocycles. The van der Waals surface area contributed by atoms with E-state index < -0.39 is 5.97 Å². The van der Waals surface area contributed by atoms with E-state index >= 15 is 0 Å². The molecule has 0 saturated carbocycles. The molecule has 2 N–H and O–H groups in total. The summed E-state index contributed by atoms with van der Waals surface area (Å²) in [7, 11) is 1.69. The maximum absolute atomic E-state index is 11.6. The number of aromatic nitrogens is 2. The summed E-state index contributed by atoms with van der Waals surface area (Å²) >= 11 is 1.40. The third-order valence-electron chi connectivity index (χ3n) is 1.69. The molecule has 0 aromatic carbocycles. The molecule has 88 valence electrons. The van der Waals surface area contributed by atoms with E-state index in [2.05, 4.69) is 20.8 Å². The van der Waals surface area contributed by atoms with Crippen molar-refractivity contribution in [2.45, 2.75) is 12.1 Å². The maximum Gasteiger partial charge on any atom is 0.343 e. The van der Waals surface area contributed by atoms with Gasteiger partial charge in [0.2, 0.25) is 0 Å². The van der Waals surface area contributed by atoms with Gasteiger partial charge in [0, 0.05) is 13.2 Å². The van der Waals surface area contributed by atoms with Crippen LogP contribution in [0.4, 0.5) is 5.82 Å². The van der Waals surface area contributed by atoms with Gasteiger partial charge in [0.05, 0.1) is 6.61 Å². The van der Waals surface area contributed by atoms with Crippen molar-refractivity contribution in [1.29, 1.82) is 0 Å². The summed E-state index contributed by atoms with van der Waals surface area (Å²) in [6.45, 7) is 2.07. The Morgan fingerprint density at radius 2 is 2.38 bits per heavy atom. The first kappa shape index (κ1) is 12.7. The minimum absolute atomic E-state index is 0.314. The average Bonchev–Trinajstić information content (AvgIpc) is 2.29. The number of carbonyl (C=O) groups is 1. The van der Waals surface area contributed by atoms with E-state index in [1.807, 2.05) is 6.26 Å². The smallest absolute Gasteiger partial charge is 0.343 e. The molecule has 1 rings (SSSR count). The molecule has 0 radical (unpaired) electrons. The summed E-state index contributed by atoms with van der Waals surface area (Å²) in [5, 5.41) is 0.589. The van der Waals surface area contributed by atoms with E-state index in [1.165, 1.54) is 18.0 Å². The van der Waals surface area contributed by atoms with Gasteiger partial charge >= 0.3 is 5.97 Å². The van der Waals surface area contributed by atoms with Gasteiger partial charge in [-0.05, 0) is 13.2 Å². The number of nitrogens with zero attached hydrogens (tertiary/aromatic N) is 2. The van der Waals surface area contributed by atoms with Crippen LogP contribution < -0.4 is 10.9 Å². The number of anilines is 1. The summed E-state index contributed by atoms with van der Waals surface area (Å²) < 4.78 is 4.89. The summed E-state index contributed by atoms with van der Waals surface area (Å²) in [6.07, 6.45) is 3.32. The number of thioether (sulfide) groups is 1. The molecule has 0 bridgehead atoms. The second-order valence-electron chi connectivity index (χ2n) is 2.71. The Hall–Kier alpha value is -1.34. The lowest BCUT2D eigenvalue weighted by atomic mass is 10.3. The van der Waals surface area contributed by atoms with Crippen LogP contribution in [0.25, 0.3) is 0 Å². The van der Waals surface area contributed by atoms with Gasteiger partial charge in [0.25, 0.3) is 0 Å². The van der Waals surface area contributed by atoms with Crippen LogP contribution in [0.15, 0.2) is 11.4 Å². The molecular weight excluding hydrogens is 228 g/mol. The molecule has 6 nitrogen and oxygen atoms in total. The third kappa shape index (κ3) is 3.07. The van der Waals surface area contributed by atoms with Gasteiger partial charge in [0.1, 0.15) is 5.56 Å². The van der Waals surface area contributed by atoms with Crippen molar-refractivity contribution in [3.63, 3.8) is 0 Å². The van der Waals surface area contributed by atoms with Crippen molar-refractivity contribution in [3.05, 3.63) is 11.8 Å². The van der Waals surface area contributed by atoms with E-state index in [4.69, 9.17) is 4.74 Å². The molecule has 0 amide bonds. The fourth-order valence-corrected chi connectivity index (χ4v) is 1.38. The number of esters is 1. The first-order chi connectivity index (χ1) is 7.72. The average molecular weight is 242 g/mol. The number of rotatable bonds is 5. The van der Waals surface area contributed by atoms with Crippen LogP contribution in [-0.2, 0) is 4.74 Å². The van der Waals surface area contributed by atoms with Gasteiger partial charge in [-0.3, -0.25) is 0 Å². The molecule has 0 saturated heterocycles. The van der Waals surface area contributed by atoms with E-state index in [0.29, 0.717) is 23.1 Å². The maximum atomic E-state index is 11.6. The molecule has 0 unspecified atom stereocenters. The van der Waals surface area contributed by atoms with E-state index in [0.717, 1.165) is 0 Å². The highest BCUT2D eigenvalue weighted by molar-refractivity contribution is 7.98. The molecule has 1 aromatic rings. The van der Waals surface area contributed by atoms with Crippen LogP contribution in [-0.4, -0.2) is 35.8 Å². The Morgan fingerprint density at radius 1 is 1.62 bits per heavy atom.